The average Bonchev–Trinajstić information content (AvgIpc) is 3.29. The van der Waals surface area contributed by atoms with Crippen molar-refractivity contribution in [1.29, 1.82) is 4.78 Å². The summed E-state index contributed by atoms with van der Waals surface area (Å²) in [6, 6.07) is 3.57. The van der Waals surface area contributed by atoms with Gasteiger partial charge in [-0.15, -0.1) is 11.3 Å². The minimum atomic E-state index is -3.58. The van der Waals surface area contributed by atoms with Gasteiger partial charge in [-0.1, -0.05) is 19.1 Å². The Kier molecular flexibility index (Phi) is 4.95. The molecular weight excluding hydrogens is 408 g/mol. The quantitative estimate of drug-likeness (QED) is 0.547. The molecule has 9 heteroatoms. The Balaban J connectivity index is 1.54. The van der Waals surface area contributed by atoms with Crippen molar-refractivity contribution in [2.24, 2.45) is 5.92 Å². The molecule has 0 bridgehead atoms. The van der Waals surface area contributed by atoms with Crippen LogP contribution in [0, 0.1) is 10.7 Å². The highest BCUT2D eigenvalue weighted by Crippen LogP contribution is 2.46. The molecule has 0 unspecified atom stereocenters. The van der Waals surface area contributed by atoms with Gasteiger partial charge in [-0.05, 0) is 68.1 Å². The highest BCUT2D eigenvalue weighted by Gasteiger charge is 2.33. The topological polar surface area (TPSA) is 115 Å². The van der Waals surface area contributed by atoms with E-state index >= 15 is 0 Å². The van der Waals surface area contributed by atoms with Crippen LogP contribution in [0.3, 0.4) is 0 Å². The molecule has 1 saturated carbocycles. The van der Waals surface area contributed by atoms with E-state index in [-0.39, 0.29) is 4.21 Å². The number of carbonyl (C=O) groups is 1. The lowest BCUT2D eigenvalue weighted by Crippen LogP contribution is -2.34. The molecule has 0 saturated heterocycles. The Hall–Kier alpha value is -1.97. The second-order valence-corrected chi connectivity index (χ2v) is 11.5. The number of carbonyl (C=O) groups excluding carboxylic acids is 1. The zero-order valence-corrected chi connectivity index (χ0v) is 18.4. The molecule has 2 atom stereocenters. The number of nitrogens with one attached hydrogen (secondary N) is 3. The Labute approximate surface area is 175 Å². The first-order chi connectivity index (χ1) is 13.6. The number of rotatable bonds is 6. The lowest BCUT2D eigenvalue weighted by atomic mass is 9.82. The summed E-state index contributed by atoms with van der Waals surface area (Å²) in [4.78, 5) is 16.7. The van der Waals surface area contributed by atoms with Crippen LogP contribution < -0.4 is 10.0 Å². The van der Waals surface area contributed by atoms with E-state index in [1.54, 1.807) is 13.8 Å². The minimum Gasteiger partial charge on any atom is -0.383 e. The molecule has 2 aromatic rings. The van der Waals surface area contributed by atoms with Gasteiger partial charge < -0.3 is 10.4 Å². The number of fused-ring (bicyclic) bond motifs is 1. The lowest BCUT2D eigenvalue weighted by molar-refractivity contribution is 0.0783. The largest absolute Gasteiger partial charge is 0.383 e. The molecule has 0 radical (unpaired) electrons. The molecule has 2 aliphatic rings. The van der Waals surface area contributed by atoms with Crippen molar-refractivity contribution in [2.45, 2.75) is 62.2 Å². The molecule has 4 rings (SSSR count). The molecule has 1 aromatic heterocycles. The fourth-order valence-corrected chi connectivity index (χ4v) is 5.78. The zero-order chi connectivity index (χ0) is 21.0. The van der Waals surface area contributed by atoms with E-state index in [4.69, 9.17) is 4.78 Å². The molecule has 1 heterocycles. The van der Waals surface area contributed by atoms with Gasteiger partial charge in [-0.3, -0.25) is 0 Å². The normalized spacial score (nSPS) is 18.9. The standard InChI is InChI=1S/C20H26N4O3S2/c1-11(12-4-5-12)14-8-6-13-7-9-15(13)17(14)23-19(25)24-29(21,27)16-10-22-18(28-16)20(2,3)26/h6,8,10-12,26H,4-5,7,9H2,1-3H3,(H3,21,23,24,25,27)/t11-,29-/m0/s1. The lowest BCUT2D eigenvalue weighted by Gasteiger charge is -2.27. The number of urea groups is 1. The van der Waals surface area contributed by atoms with Gasteiger partial charge in [0.05, 0.1) is 6.20 Å². The highest BCUT2D eigenvalue weighted by atomic mass is 32.2. The Morgan fingerprint density at radius 2 is 2.10 bits per heavy atom. The zero-order valence-electron chi connectivity index (χ0n) is 16.7. The molecule has 0 spiro atoms. The van der Waals surface area contributed by atoms with Crippen molar-refractivity contribution in [1.82, 2.24) is 9.71 Å². The Morgan fingerprint density at radius 3 is 2.66 bits per heavy atom. The summed E-state index contributed by atoms with van der Waals surface area (Å²) >= 11 is 0.965. The third-order valence-corrected chi connectivity index (χ3v) is 8.88. The van der Waals surface area contributed by atoms with Crippen LogP contribution in [0.15, 0.2) is 22.5 Å². The predicted octanol–water partition coefficient (Wildman–Crippen LogP) is 4.12. The number of anilines is 1. The maximum absolute atomic E-state index is 12.8. The summed E-state index contributed by atoms with van der Waals surface area (Å²) in [7, 11) is -3.58. The van der Waals surface area contributed by atoms with Gasteiger partial charge in [0, 0.05) is 5.69 Å². The van der Waals surface area contributed by atoms with E-state index < -0.39 is 21.5 Å². The number of hydrogen-bond acceptors (Lipinski definition) is 6. The number of thiazole rings is 1. The van der Waals surface area contributed by atoms with Gasteiger partial charge in [0.25, 0.3) is 0 Å². The van der Waals surface area contributed by atoms with Crippen molar-refractivity contribution in [3.63, 3.8) is 0 Å². The van der Waals surface area contributed by atoms with Crippen LogP contribution in [-0.4, -0.2) is 20.3 Å². The van der Waals surface area contributed by atoms with Crippen molar-refractivity contribution >= 4 is 33.0 Å². The number of nitrogens with zero attached hydrogens (tertiary/aromatic N) is 1. The molecule has 0 aliphatic heterocycles. The van der Waals surface area contributed by atoms with Gasteiger partial charge in [-0.25, -0.2) is 23.5 Å². The fourth-order valence-electron chi connectivity index (χ4n) is 3.68. The molecule has 4 N–H and O–H groups in total. The smallest absolute Gasteiger partial charge is 0.331 e. The molecular formula is C20H26N4O3S2. The molecule has 1 aromatic carbocycles. The number of aryl methyl sites for hydroxylation is 1. The third kappa shape index (κ3) is 4.04. The number of aliphatic hydroxyl groups is 1. The summed E-state index contributed by atoms with van der Waals surface area (Å²) in [5, 5.41) is 13.3. The van der Waals surface area contributed by atoms with Crippen molar-refractivity contribution in [2.75, 3.05) is 5.32 Å². The van der Waals surface area contributed by atoms with Crippen LogP contribution in [0.4, 0.5) is 10.5 Å². The van der Waals surface area contributed by atoms with E-state index in [2.05, 4.69) is 34.1 Å². The Morgan fingerprint density at radius 1 is 1.38 bits per heavy atom. The third-order valence-electron chi connectivity index (χ3n) is 5.67. The molecule has 2 amide bonds. The summed E-state index contributed by atoms with van der Waals surface area (Å²) in [5.74, 6) is 1.00. The summed E-state index contributed by atoms with van der Waals surface area (Å²) in [6.07, 6.45) is 5.61. The van der Waals surface area contributed by atoms with E-state index in [1.807, 2.05) is 0 Å². The highest BCUT2D eigenvalue weighted by molar-refractivity contribution is 7.93. The molecule has 2 aliphatic carbocycles. The number of benzene rings is 1. The number of hydrogen-bond donors (Lipinski definition) is 4. The SMILES string of the molecule is C[C@H](c1ccc2c(c1NC(=O)N[S@](=N)(=O)c1cnc(C(C)(C)O)s1)CC2)C1CC1. The van der Waals surface area contributed by atoms with Gasteiger partial charge in [0.2, 0.25) is 0 Å². The van der Waals surface area contributed by atoms with Crippen LogP contribution in [0.2, 0.25) is 0 Å². The molecule has 1 fully saturated rings. The summed E-state index contributed by atoms with van der Waals surface area (Å²) in [5.41, 5.74) is 3.10. The van der Waals surface area contributed by atoms with Gasteiger partial charge in [-0.2, -0.15) is 0 Å². The van der Waals surface area contributed by atoms with Crippen LogP contribution in [0.5, 0.6) is 0 Å². The molecule has 7 nitrogen and oxygen atoms in total. The summed E-state index contributed by atoms with van der Waals surface area (Å²) in [6.45, 7) is 5.32. The Bertz CT molecular complexity index is 1070. The second-order valence-electron chi connectivity index (χ2n) is 8.45. The van der Waals surface area contributed by atoms with E-state index in [0.717, 1.165) is 41.0 Å². The predicted molar refractivity (Wildman–Crippen MR) is 114 cm³/mol. The van der Waals surface area contributed by atoms with Gasteiger partial charge in [0.1, 0.15) is 14.8 Å². The summed E-state index contributed by atoms with van der Waals surface area (Å²) < 4.78 is 23.4. The fraction of sp³-hybridized carbons (Fsp3) is 0.500. The van der Waals surface area contributed by atoms with Gasteiger partial charge >= 0.3 is 6.03 Å². The number of aromatic nitrogens is 1. The monoisotopic (exact) mass is 434 g/mol. The average molecular weight is 435 g/mol. The van der Waals surface area contributed by atoms with Gasteiger partial charge in [0.15, 0.2) is 9.92 Å². The van der Waals surface area contributed by atoms with E-state index in [9.17, 15) is 14.1 Å². The van der Waals surface area contributed by atoms with E-state index in [0.29, 0.717) is 16.8 Å². The van der Waals surface area contributed by atoms with E-state index in [1.165, 1.54) is 24.6 Å². The minimum absolute atomic E-state index is 0.109. The number of amides is 2. The van der Waals surface area contributed by atoms with Crippen LogP contribution in [0.25, 0.3) is 0 Å². The maximum atomic E-state index is 12.8. The first-order valence-electron chi connectivity index (χ1n) is 9.77. The molecule has 29 heavy (non-hydrogen) atoms. The first kappa shape index (κ1) is 20.3. The maximum Gasteiger partial charge on any atom is 0.331 e. The first-order valence-corrected chi connectivity index (χ1v) is 12.1. The van der Waals surface area contributed by atoms with Crippen LogP contribution in [0.1, 0.15) is 61.2 Å². The molecule has 156 valence electrons. The van der Waals surface area contributed by atoms with Crippen LogP contribution in [-0.2, 0) is 28.4 Å². The van der Waals surface area contributed by atoms with Crippen molar-refractivity contribution < 1.29 is 14.1 Å². The van der Waals surface area contributed by atoms with Crippen molar-refractivity contribution in [3.05, 3.63) is 40.0 Å². The van der Waals surface area contributed by atoms with Crippen LogP contribution >= 0.6 is 11.3 Å². The second kappa shape index (κ2) is 7.07. The van der Waals surface area contributed by atoms with Crippen molar-refractivity contribution in [3.8, 4) is 0 Å².